The molecule has 0 unspecified atom stereocenters. The lowest BCUT2D eigenvalue weighted by Gasteiger charge is -2.05. The first kappa shape index (κ1) is 15.7. The first-order valence-electron chi connectivity index (χ1n) is 7.66. The van der Waals surface area contributed by atoms with Gasteiger partial charge in [0.2, 0.25) is 11.0 Å². The van der Waals surface area contributed by atoms with Crippen molar-refractivity contribution in [2.45, 2.75) is 43.0 Å². The van der Waals surface area contributed by atoms with Gasteiger partial charge in [-0.05, 0) is 44.5 Å². The molecular weight excluding hydrogens is 344 g/mol. The summed E-state index contributed by atoms with van der Waals surface area (Å²) >= 11 is 1.14. The van der Waals surface area contributed by atoms with Crippen molar-refractivity contribution in [3.05, 3.63) is 33.8 Å². The summed E-state index contributed by atoms with van der Waals surface area (Å²) in [5.41, 5.74) is 1.64. The first-order chi connectivity index (χ1) is 12.0. The number of nitrogens with one attached hydrogen (secondary N) is 1. The molecule has 0 radical (unpaired) electrons. The minimum Gasteiger partial charge on any atom is -0.361 e. The van der Waals surface area contributed by atoms with Crippen LogP contribution in [0.1, 0.15) is 24.2 Å². The third-order valence-electron chi connectivity index (χ3n) is 3.64. The summed E-state index contributed by atoms with van der Waals surface area (Å²) in [7, 11) is 0. The Hall–Kier alpha value is -2.82. The number of nitrogens with zero attached hydrogens (tertiary/aromatic N) is 7. The Kier molecular flexibility index (Phi) is 3.71. The van der Waals surface area contributed by atoms with Crippen LogP contribution in [0.2, 0.25) is 0 Å². The summed E-state index contributed by atoms with van der Waals surface area (Å²) in [4.78, 5) is 27.7. The van der Waals surface area contributed by atoms with Crippen molar-refractivity contribution >= 4 is 29.0 Å². The molecule has 1 saturated carbocycles. The van der Waals surface area contributed by atoms with E-state index in [1.54, 1.807) is 4.52 Å². The van der Waals surface area contributed by atoms with Gasteiger partial charge in [-0.3, -0.25) is 10.1 Å². The lowest BCUT2D eigenvalue weighted by atomic mass is 10.4. The number of hydrogen-bond acceptors (Lipinski definition) is 9. The van der Waals surface area contributed by atoms with Crippen LogP contribution in [-0.2, 0) is 0 Å². The fourth-order valence-corrected chi connectivity index (χ4v) is 3.00. The second-order valence-corrected chi connectivity index (χ2v) is 6.74. The van der Waals surface area contributed by atoms with Gasteiger partial charge in [-0.25, -0.2) is 14.5 Å². The molecule has 0 saturated heterocycles. The molecule has 3 aromatic rings. The van der Waals surface area contributed by atoms with Crippen LogP contribution in [0.4, 0.5) is 11.5 Å². The van der Waals surface area contributed by atoms with Crippen molar-refractivity contribution in [1.82, 2.24) is 29.5 Å². The minimum atomic E-state index is -0.488. The van der Waals surface area contributed by atoms with Gasteiger partial charge in [0.25, 0.3) is 5.78 Å². The Balaban J connectivity index is 1.66. The van der Waals surface area contributed by atoms with E-state index in [1.807, 2.05) is 19.9 Å². The van der Waals surface area contributed by atoms with Crippen LogP contribution in [0.3, 0.4) is 0 Å². The molecule has 11 heteroatoms. The first-order valence-corrected chi connectivity index (χ1v) is 8.48. The largest absolute Gasteiger partial charge is 0.361 e. The van der Waals surface area contributed by atoms with Crippen LogP contribution >= 0.6 is 11.8 Å². The molecule has 1 N–H and O–H groups in total. The molecule has 1 fully saturated rings. The average molecular weight is 358 g/mol. The van der Waals surface area contributed by atoms with Crippen LogP contribution in [0.5, 0.6) is 0 Å². The van der Waals surface area contributed by atoms with Crippen LogP contribution in [0.25, 0.3) is 5.78 Å². The zero-order valence-electron chi connectivity index (χ0n) is 13.5. The molecule has 3 heterocycles. The zero-order valence-corrected chi connectivity index (χ0v) is 14.3. The van der Waals surface area contributed by atoms with Gasteiger partial charge < -0.3 is 5.32 Å². The highest BCUT2D eigenvalue weighted by Crippen LogP contribution is 2.31. The minimum absolute atomic E-state index is 0.132. The van der Waals surface area contributed by atoms with E-state index in [0.717, 1.165) is 36.0 Å². The molecule has 3 aromatic heterocycles. The second-order valence-electron chi connectivity index (χ2n) is 5.81. The molecule has 0 aromatic carbocycles. The van der Waals surface area contributed by atoms with Gasteiger partial charge in [0, 0.05) is 17.4 Å². The number of nitro groups is 1. The monoisotopic (exact) mass is 358 g/mol. The van der Waals surface area contributed by atoms with E-state index in [-0.39, 0.29) is 17.5 Å². The Bertz CT molecular complexity index is 984. The highest BCUT2D eigenvalue weighted by atomic mass is 32.2. The van der Waals surface area contributed by atoms with Crippen molar-refractivity contribution < 1.29 is 4.92 Å². The van der Waals surface area contributed by atoms with Gasteiger partial charge in [0.05, 0.1) is 4.92 Å². The maximum atomic E-state index is 11.1. The molecule has 0 spiro atoms. The Morgan fingerprint density at radius 3 is 2.80 bits per heavy atom. The van der Waals surface area contributed by atoms with E-state index >= 15 is 0 Å². The molecule has 0 atom stereocenters. The molecule has 25 heavy (non-hydrogen) atoms. The zero-order chi connectivity index (χ0) is 17.6. The van der Waals surface area contributed by atoms with E-state index < -0.39 is 4.92 Å². The highest BCUT2D eigenvalue weighted by molar-refractivity contribution is 7.99. The SMILES string of the molecule is Cc1cc(C)n2nc(Sc3ncc([N+](=O)[O-])c(NC4CC4)n3)nc2n1. The van der Waals surface area contributed by atoms with Crippen LogP contribution < -0.4 is 5.32 Å². The third-order valence-corrected chi connectivity index (χ3v) is 4.38. The molecule has 4 rings (SSSR count). The van der Waals surface area contributed by atoms with Gasteiger partial charge in [0.1, 0.15) is 6.20 Å². The van der Waals surface area contributed by atoms with Gasteiger partial charge in [-0.15, -0.1) is 5.10 Å². The lowest BCUT2D eigenvalue weighted by molar-refractivity contribution is -0.384. The molecule has 0 amide bonds. The molecule has 0 bridgehead atoms. The molecular formula is C14H14N8O2S. The number of anilines is 1. The molecule has 1 aliphatic rings. The number of fused-ring (bicyclic) bond motifs is 1. The van der Waals surface area contributed by atoms with Crippen molar-refractivity contribution in [3.63, 3.8) is 0 Å². The Morgan fingerprint density at radius 1 is 1.28 bits per heavy atom. The molecule has 0 aliphatic heterocycles. The molecule has 1 aliphatic carbocycles. The third kappa shape index (κ3) is 3.22. The second kappa shape index (κ2) is 5.92. The predicted molar refractivity (Wildman–Crippen MR) is 89.7 cm³/mol. The van der Waals surface area contributed by atoms with E-state index in [4.69, 9.17) is 0 Å². The molecule has 10 nitrogen and oxygen atoms in total. The van der Waals surface area contributed by atoms with Gasteiger partial charge in [-0.1, -0.05) is 0 Å². The number of aromatic nitrogens is 6. The lowest BCUT2D eigenvalue weighted by Crippen LogP contribution is -2.07. The van der Waals surface area contributed by atoms with Crippen molar-refractivity contribution in [3.8, 4) is 0 Å². The fourth-order valence-electron chi connectivity index (χ4n) is 2.34. The Morgan fingerprint density at radius 2 is 2.08 bits per heavy atom. The quantitative estimate of drug-likeness (QED) is 0.415. The van der Waals surface area contributed by atoms with E-state index in [9.17, 15) is 10.1 Å². The summed E-state index contributed by atoms with van der Waals surface area (Å²) in [6, 6.07) is 2.16. The van der Waals surface area contributed by atoms with Crippen molar-refractivity contribution in [1.29, 1.82) is 0 Å². The average Bonchev–Trinajstić information content (AvgIpc) is 3.25. The topological polar surface area (TPSA) is 124 Å². The van der Waals surface area contributed by atoms with E-state index in [0.29, 0.717) is 16.1 Å². The van der Waals surface area contributed by atoms with E-state index in [1.165, 1.54) is 6.20 Å². The number of hydrogen-bond donors (Lipinski definition) is 1. The van der Waals surface area contributed by atoms with Crippen LogP contribution in [0, 0.1) is 24.0 Å². The van der Waals surface area contributed by atoms with Gasteiger partial charge >= 0.3 is 5.69 Å². The summed E-state index contributed by atoms with van der Waals surface area (Å²) in [5.74, 6) is 0.733. The smallest absolute Gasteiger partial charge is 0.329 e. The summed E-state index contributed by atoms with van der Waals surface area (Å²) in [6.07, 6.45) is 3.19. The van der Waals surface area contributed by atoms with Crippen molar-refractivity contribution in [2.24, 2.45) is 0 Å². The standard InChI is InChI=1S/C14H14N8O2S/c1-7-5-8(2)21-12(16-7)19-14(20-21)25-13-15-6-10(22(23)24)11(18-13)17-9-3-4-9/h5-6,9H,3-4H2,1-2H3,(H,15,17,18). The van der Waals surface area contributed by atoms with Gasteiger partial charge in [-0.2, -0.15) is 9.97 Å². The number of aryl methyl sites for hydroxylation is 2. The maximum Gasteiger partial charge on any atom is 0.329 e. The van der Waals surface area contributed by atoms with Crippen LogP contribution in [0.15, 0.2) is 22.6 Å². The van der Waals surface area contributed by atoms with Crippen LogP contribution in [-0.4, -0.2) is 40.5 Å². The Labute approximate surface area is 146 Å². The van der Waals surface area contributed by atoms with E-state index in [2.05, 4.69) is 30.4 Å². The predicted octanol–water partition coefficient (Wildman–Crippen LogP) is 2.16. The summed E-state index contributed by atoms with van der Waals surface area (Å²) < 4.78 is 1.64. The summed E-state index contributed by atoms with van der Waals surface area (Å²) in [5, 5.41) is 19.4. The molecule has 128 valence electrons. The van der Waals surface area contributed by atoms with Crippen molar-refractivity contribution in [2.75, 3.05) is 5.32 Å². The maximum absolute atomic E-state index is 11.1. The normalized spacial score (nSPS) is 14.0. The summed E-state index contributed by atoms with van der Waals surface area (Å²) in [6.45, 7) is 3.81. The number of rotatable bonds is 5. The fraction of sp³-hybridized carbons (Fsp3) is 0.357. The highest BCUT2D eigenvalue weighted by Gasteiger charge is 2.27. The van der Waals surface area contributed by atoms with Gasteiger partial charge in [0.15, 0.2) is 5.16 Å².